The Balaban J connectivity index is 1.95. The smallest absolute Gasteiger partial charge is 0.423 e. The summed E-state index contributed by atoms with van der Waals surface area (Å²) in [7, 11) is -1.51. The molecule has 0 atom stereocenters. The fourth-order valence-corrected chi connectivity index (χ4v) is 3.36. The van der Waals surface area contributed by atoms with E-state index in [0.29, 0.717) is 5.46 Å². The van der Waals surface area contributed by atoms with E-state index in [0.717, 1.165) is 33.4 Å². The van der Waals surface area contributed by atoms with Crippen LogP contribution in [0.25, 0.3) is 33.4 Å². The topological polar surface area (TPSA) is 40.5 Å². The van der Waals surface area contributed by atoms with Crippen LogP contribution in [0.15, 0.2) is 103 Å². The zero-order valence-corrected chi connectivity index (χ0v) is 14.8. The van der Waals surface area contributed by atoms with Crippen LogP contribution in [0.2, 0.25) is 0 Å². The summed E-state index contributed by atoms with van der Waals surface area (Å²) in [5.74, 6) is 0. The molecule has 4 rings (SSSR count). The molecule has 2 nitrogen and oxygen atoms in total. The van der Waals surface area contributed by atoms with E-state index in [1.54, 1.807) is 6.07 Å². The Morgan fingerprint density at radius 1 is 0.444 bits per heavy atom. The summed E-state index contributed by atoms with van der Waals surface area (Å²) >= 11 is 0. The minimum absolute atomic E-state index is 0.502. The number of benzene rings is 4. The number of hydrogen-bond acceptors (Lipinski definition) is 2. The van der Waals surface area contributed by atoms with E-state index in [2.05, 4.69) is 42.5 Å². The van der Waals surface area contributed by atoms with Crippen LogP contribution < -0.4 is 5.46 Å². The molecule has 0 aromatic heterocycles. The highest BCUT2D eigenvalue weighted by atomic mass is 16.4. The van der Waals surface area contributed by atoms with Crippen molar-refractivity contribution in [2.24, 2.45) is 0 Å². The molecule has 0 aliphatic carbocycles. The molecule has 130 valence electrons. The van der Waals surface area contributed by atoms with E-state index >= 15 is 0 Å². The molecule has 0 saturated carbocycles. The highest BCUT2D eigenvalue weighted by molar-refractivity contribution is 6.60. The molecular formula is C24H19BO2. The van der Waals surface area contributed by atoms with Gasteiger partial charge in [0.1, 0.15) is 0 Å². The molecule has 0 aliphatic rings. The largest absolute Gasteiger partial charge is 0.489 e. The van der Waals surface area contributed by atoms with Gasteiger partial charge in [-0.2, -0.15) is 0 Å². The van der Waals surface area contributed by atoms with Crippen LogP contribution in [-0.2, 0) is 0 Å². The third-order valence-corrected chi connectivity index (χ3v) is 4.70. The zero-order chi connectivity index (χ0) is 18.6. The molecule has 0 amide bonds. The highest BCUT2D eigenvalue weighted by Gasteiger charge is 2.17. The van der Waals surface area contributed by atoms with Crippen molar-refractivity contribution >= 4 is 12.6 Å². The van der Waals surface area contributed by atoms with Crippen molar-refractivity contribution in [3.8, 4) is 33.4 Å². The molecule has 0 fully saturated rings. The van der Waals surface area contributed by atoms with Gasteiger partial charge in [-0.25, -0.2) is 0 Å². The first-order valence-electron chi connectivity index (χ1n) is 8.94. The molecule has 0 aliphatic heterocycles. The standard InChI is InChI=1S/C24H19BO2/c26-25(27)24-14-8-7-13-23(24)22-16-20(18-9-3-1-4-10-18)15-21(17-22)19-11-5-2-6-12-19/h1-17,26-27H. The highest BCUT2D eigenvalue weighted by Crippen LogP contribution is 2.32. The van der Waals surface area contributed by atoms with Crippen LogP contribution in [0.5, 0.6) is 0 Å². The summed E-state index contributed by atoms with van der Waals surface area (Å²) < 4.78 is 0. The molecule has 0 heterocycles. The Bertz CT molecular complexity index is 986. The van der Waals surface area contributed by atoms with E-state index in [-0.39, 0.29) is 0 Å². The normalized spacial score (nSPS) is 10.6. The average molecular weight is 350 g/mol. The van der Waals surface area contributed by atoms with E-state index in [1.165, 1.54) is 0 Å². The van der Waals surface area contributed by atoms with Gasteiger partial charge in [-0.15, -0.1) is 0 Å². The molecule has 0 bridgehead atoms. The van der Waals surface area contributed by atoms with Crippen molar-refractivity contribution in [3.63, 3.8) is 0 Å². The fraction of sp³-hybridized carbons (Fsp3) is 0. The van der Waals surface area contributed by atoms with Gasteiger partial charge in [-0.05, 0) is 57.0 Å². The van der Waals surface area contributed by atoms with Crippen LogP contribution in [0, 0.1) is 0 Å². The number of hydrogen-bond donors (Lipinski definition) is 2. The molecule has 0 radical (unpaired) electrons. The summed E-state index contributed by atoms with van der Waals surface area (Å²) in [4.78, 5) is 0. The summed E-state index contributed by atoms with van der Waals surface area (Å²) in [6.07, 6.45) is 0. The van der Waals surface area contributed by atoms with Crippen molar-refractivity contribution in [1.82, 2.24) is 0 Å². The lowest BCUT2D eigenvalue weighted by Crippen LogP contribution is -2.31. The second-order valence-corrected chi connectivity index (χ2v) is 6.49. The quantitative estimate of drug-likeness (QED) is 0.537. The second-order valence-electron chi connectivity index (χ2n) is 6.49. The predicted molar refractivity (Wildman–Crippen MR) is 113 cm³/mol. The Morgan fingerprint density at radius 2 is 0.889 bits per heavy atom. The molecule has 3 heteroatoms. The minimum Gasteiger partial charge on any atom is -0.423 e. The van der Waals surface area contributed by atoms with Gasteiger partial charge in [-0.1, -0.05) is 84.9 Å². The van der Waals surface area contributed by atoms with Crippen LogP contribution in [0.1, 0.15) is 0 Å². The molecule has 0 spiro atoms. The van der Waals surface area contributed by atoms with Gasteiger partial charge >= 0.3 is 7.12 Å². The van der Waals surface area contributed by atoms with E-state index in [9.17, 15) is 10.0 Å². The van der Waals surface area contributed by atoms with Gasteiger partial charge < -0.3 is 10.0 Å². The molecular weight excluding hydrogens is 331 g/mol. The summed E-state index contributed by atoms with van der Waals surface area (Å²) in [5, 5.41) is 19.6. The van der Waals surface area contributed by atoms with Crippen molar-refractivity contribution in [2.75, 3.05) is 0 Å². The Labute approximate surface area is 159 Å². The van der Waals surface area contributed by atoms with E-state index in [1.807, 2.05) is 54.6 Å². The SMILES string of the molecule is OB(O)c1ccccc1-c1cc(-c2ccccc2)cc(-c2ccccc2)c1. The zero-order valence-electron chi connectivity index (χ0n) is 14.8. The third-order valence-electron chi connectivity index (χ3n) is 4.70. The molecule has 27 heavy (non-hydrogen) atoms. The van der Waals surface area contributed by atoms with Crippen molar-refractivity contribution in [3.05, 3.63) is 103 Å². The van der Waals surface area contributed by atoms with Gasteiger partial charge in [-0.3, -0.25) is 0 Å². The van der Waals surface area contributed by atoms with Gasteiger partial charge in [0, 0.05) is 0 Å². The first-order chi connectivity index (χ1) is 13.2. The lowest BCUT2D eigenvalue weighted by molar-refractivity contribution is 0.426. The first-order valence-corrected chi connectivity index (χ1v) is 8.94. The van der Waals surface area contributed by atoms with Crippen molar-refractivity contribution in [2.45, 2.75) is 0 Å². The molecule has 0 unspecified atom stereocenters. The van der Waals surface area contributed by atoms with Crippen molar-refractivity contribution in [1.29, 1.82) is 0 Å². The first kappa shape index (κ1) is 17.3. The molecule has 4 aromatic rings. The van der Waals surface area contributed by atoms with E-state index in [4.69, 9.17) is 0 Å². The van der Waals surface area contributed by atoms with Gasteiger partial charge in [0.05, 0.1) is 0 Å². The Kier molecular flexibility index (Phi) is 4.88. The molecule has 4 aromatic carbocycles. The Morgan fingerprint density at radius 3 is 1.41 bits per heavy atom. The lowest BCUT2D eigenvalue weighted by Gasteiger charge is -2.14. The second kappa shape index (κ2) is 7.62. The van der Waals surface area contributed by atoms with Crippen LogP contribution >= 0.6 is 0 Å². The van der Waals surface area contributed by atoms with E-state index < -0.39 is 7.12 Å². The lowest BCUT2D eigenvalue weighted by atomic mass is 9.75. The predicted octanol–water partition coefficient (Wildman–Crippen LogP) is 4.37. The maximum atomic E-state index is 9.79. The fourth-order valence-electron chi connectivity index (χ4n) is 3.36. The Hall–Kier alpha value is -3.14. The summed E-state index contributed by atoms with van der Waals surface area (Å²) in [5.41, 5.74) is 6.71. The van der Waals surface area contributed by atoms with Crippen molar-refractivity contribution < 1.29 is 10.0 Å². The van der Waals surface area contributed by atoms with Gasteiger partial charge in [0.15, 0.2) is 0 Å². The average Bonchev–Trinajstić information content (AvgIpc) is 2.74. The maximum Gasteiger partial charge on any atom is 0.489 e. The minimum atomic E-state index is -1.51. The number of rotatable bonds is 4. The van der Waals surface area contributed by atoms with Gasteiger partial charge in [0.25, 0.3) is 0 Å². The molecule has 0 saturated heterocycles. The van der Waals surface area contributed by atoms with Crippen LogP contribution in [0.3, 0.4) is 0 Å². The monoisotopic (exact) mass is 350 g/mol. The molecule has 2 N–H and O–H groups in total. The van der Waals surface area contributed by atoms with Crippen LogP contribution in [0.4, 0.5) is 0 Å². The third kappa shape index (κ3) is 3.70. The van der Waals surface area contributed by atoms with Crippen LogP contribution in [-0.4, -0.2) is 17.2 Å². The summed E-state index contributed by atoms with van der Waals surface area (Å²) in [6.45, 7) is 0. The summed E-state index contributed by atoms with van der Waals surface area (Å²) in [6, 6.07) is 34.2. The van der Waals surface area contributed by atoms with Gasteiger partial charge in [0.2, 0.25) is 0 Å². The maximum absolute atomic E-state index is 9.79.